The smallest absolute Gasteiger partial charge is 0.359 e. The number of para-hydroxylation sites is 1. The van der Waals surface area contributed by atoms with Gasteiger partial charge in [-0.05, 0) is 31.3 Å². The van der Waals surface area contributed by atoms with E-state index in [1.54, 1.807) is 13.0 Å². The zero-order valence-corrected chi connectivity index (χ0v) is 15.6. The molecule has 1 N–H and O–H groups in total. The van der Waals surface area contributed by atoms with Crippen molar-refractivity contribution in [2.75, 3.05) is 19.7 Å². The number of hydrogen-bond donors (Lipinski definition) is 1. The summed E-state index contributed by atoms with van der Waals surface area (Å²) in [7, 11) is 0. The van der Waals surface area contributed by atoms with Crippen LogP contribution in [0.3, 0.4) is 0 Å². The van der Waals surface area contributed by atoms with Crippen LogP contribution in [-0.2, 0) is 17.7 Å². The van der Waals surface area contributed by atoms with Gasteiger partial charge in [-0.1, -0.05) is 24.3 Å². The molecule has 136 valence electrons. The molecule has 1 aliphatic heterocycles. The Balaban J connectivity index is 1.97. The first-order chi connectivity index (χ1) is 12.7. The minimum atomic E-state index is -0.398. The molecule has 1 aliphatic rings. The summed E-state index contributed by atoms with van der Waals surface area (Å²) in [5.74, 6) is -0.398. The first kappa shape index (κ1) is 18.1. The van der Waals surface area contributed by atoms with Gasteiger partial charge in [-0.2, -0.15) is 5.10 Å². The first-order valence-electron chi connectivity index (χ1n) is 8.62. The van der Waals surface area contributed by atoms with E-state index >= 15 is 0 Å². The Morgan fingerprint density at radius 1 is 1.42 bits per heavy atom. The normalized spacial score (nSPS) is 13.0. The van der Waals surface area contributed by atoms with Crippen LogP contribution in [0.5, 0.6) is 0 Å². The van der Waals surface area contributed by atoms with E-state index in [4.69, 9.17) is 17.0 Å². The van der Waals surface area contributed by atoms with Crippen molar-refractivity contribution in [3.05, 3.63) is 59.9 Å². The summed E-state index contributed by atoms with van der Waals surface area (Å²) in [5.41, 5.74) is 3.20. The molecule has 0 fully saturated rings. The Bertz CT molecular complexity index is 816. The third-order valence-corrected chi connectivity index (χ3v) is 4.61. The van der Waals surface area contributed by atoms with Crippen molar-refractivity contribution < 1.29 is 9.53 Å². The highest BCUT2D eigenvalue weighted by Crippen LogP contribution is 2.26. The highest BCUT2D eigenvalue weighted by molar-refractivity contribution is 7.80. The second-order valence-corrected chi connectivity index (χ2v) is 6.27. The van der Waals surface area contributed by atoms with Gasteiger partial charge in [-0.25, -0.2) is 9.48 Å². The summed E-state index contributed by atoms with van der Waals surface area (Å²) in [6, 6.07) is 9.82. The number of nitrogens with zero attached hydrogens (tertiary/aromatic N) is 3. The number of nitrogens with one attached hydrogen (secondary N) is 1. The number of ether oxygens (including phenoxy) is 1. The van der Waals surface area contributed by atoms with Gasteiger partial charge in [0.05, 0.1) is 18.0 Å². The van der Waals surface area contributed by atoms with Crippen molar-refractivity contribution >= 4 is 23.3 Å². The highest BCUT2D eigenvalue weighted by Gasteiger charge is 2.30. The number of esters is 1. The molecule has 2 heterocycles. The molecule has 0 saturated carbocycles. The SMILES string of the molecule is C=CCNC(=S)N1CCc2c(c(C(=O)OCC)nn2-c2ccccc2)C1. The summed E-state index contributed by atoms with van der Waals surface area (Å²) in [6.07, 6.45) is 2.51. The molecule has 0 bridgehead atoms. The molecule has 0 amide bonds. The molecule has 0 saturated heterocycles. The van der Waals surface area contributed by atoms with Crippen molar-refractivity contribution in [1.82, 2.24) is 20.0 Å². The summed E-state index contributed by atoms with van der Waals surface area (Å²) in [5, 5.41) is 8.36. The lowest BCUT2D eigenvalue weighted by Crippen LogP contribution is -2.43. The average Bonchev–Trinajstić information content (AvgIpc) is 3.06. The standard InChI is InChI=1S/C19H22N4O2S/c1-3-11-20-19(26)22-12-10-16-15(13-22)17(18(24)25-4-2)21-23(16)14-8-6-5-7-9-14/h3,5-9H,1,4,10-13H2,2H3,(H,20,26). The fourth-order valence-corrected chi connectivity index (χ4v) is 3.25. The zero-order chi connectivity index (χ0) is 18.5. The fraction of sp³-hybridized carbons (Fsp3) is 0.316. The van der Waals surface area contributed by atoms with E-state index in [1.807, 2.05) is 39.9 Å². The fourth-order valence-electron chi connectivity index (χ4n) is 3.01. The lowest BCUT2D eigenvalue weighted by atomic mass is 10.1. The highest BCUT2D eigenvalue weighted by atomic mass is 32.1. The van der Waals surface area contributed by atoms with E-state index < -0.39 is 5.97 Å². The van der Waals surface area contributed by atoms with Crippen LogP contribution in [0.4, 0.5) is 0 Å². The minimum Gasteiger partial charge on any atom is -0.461 e. The van der Waals surface area contributed by atoms with E-state index in [2.05, 4.69) is 17.0 Å². The topological polar surface area (TPSA) is 59.4 Å². The maximum atomic E-state index is 12.4. The summed E-state index contributed by atoms with van der Waals surface area (Å²) in [4.78, 5) is 14.5. The minimum absolute atomic E-state index is 0.314. The van der Waals surface area contributed by atoms with Crippen LogP contribution in [0, 0.1) is 0 Å². The summed E-state index contributed by atoms with van der Waals surface area (Å²) < 4.78 is 7.06. The van der Waals surface area contributed by atoms with Crippen molar-refractivity contribution in [2.24, 2.45) is 0 Å². The van der Waals surface area contributed by atoms with Gasteiger partial charge < -0.3 is 15.0 Å². The zero-order valence-electron chi connectivity index (χ0n) is 14.8. The molecule has 2 aromatic rings. The van der Waals surface area contributed by atoms with Crippen LogP contribution in [0.2, 0.25) is 0 Å². The van der Waals surface area contributed by atoms with Crippen LogP contribution in [0.1, 0.15) is 28.7 Å². The van der Waals surface area contributed by atoms with E-state index in [-0.39, 0.29) is 0 Å². The molecule has 26 heavy (non-hydrogen) atoms. The van der Waals surface area contributed by atoms with Crippen LogP contribution in [-0.4, -0.2) is 45.5 Å². The second-order valence-electron chi connectivity index (χ2n) is 5.89. The number of hydrogen-bond acceptors (Lipinski definition) is 4. The number of fused-ring (bicyclic) bond motifs is 1. The number of carbonyl (C=O) groups excluding carboxylic acids is 1. The molecule has 0 unspecified atom stereocenters. The predicted octanol–water partition coefficient (Wildman–Crippen LogP) is 2.47. The van der Waals surface area contributed by atoms with Crippen molar-refractivity contribution in [3.8, 4) is 5.69 Å². The molecule has 0 aliphatic carbocycles. The number of rotatable bonds is 5. The number of carbonyl (C=O) groups is 1. The largest absolute Gasteiger partial charge is 0.461 e. The molecular weight excluding hydrogens is 348 g/mol. The number of thiocarbonyl (C=S) groups is 1. The number of aromatic nitrogens is 2. The molecule has 3 rings (SSSR count). The van der Waals surface area contributed by atoms with Gasteiger partial charge >= 0.3 is 5.97 Å². The third-order valence-electron chi connectivity index (χ3n) is 4.21. The Morgan fingerprint density at radius 2 is 2.19 bits per heavy atom. The van der Waals surface area contributed by atoms with Gasteiger partial charge in [0.15, 0.2) is 10.8 Å². The van der Waals surface area contributed by atoms with Gasteiger partial charge in [0.2, 0.25) is 0 Å². The van der Waals surface area contributed by atoms with Crippen LogP contribution in [0.15, 0.2) is 43.0 Å². The van der Waals surface area contributed by atoms with Gasteiger partial charge in [0, 0.05) is 31.6 Å². The Labute approximate surface area is 158 Å². The Hall–Kier alpha value is -2.67. The predicted molar refractivity (Wildman–Crippen MR) is 104 cm³/mol. The first-order valence-corrected chi connectivity index (χ1v) is 9.03. The van der Waals surface area contributed by atoms with Crippen molar-refractivity contribution in [3.63, 3.8) is 0 Å². The van der Waals surface area contributed by atoms with Gasteiger partial charge in [0.1, 0.15) is 0 Å². The maximum absolute atomic E-state index is 12.4. The molecule has 1 aromatic heterocycles. The van der Waals surface area contributed by atoms with Gasteiger partial charge in [-0.15, -0.1) is 6.58 Å². The molecule has 6 nitrogen and oxygen atoms in total. The van der Waals surface area contributed by atoms with Gasteiger partial charge in [-0.3, -0.25) is 0 Å². The maximum Gasteiger partial charge on any atom is 0.359 e. The molecule has 1 aromatic carbocycles. The Morgan fingerprint density at radius 3 is 2.88 bits per heavy atom. The van der Waals surface area contributed by atoms with Crippen LogP contribution in [0.25, 0.3) is 5.69 Å². The molecule has 0 spiro atoms. The summed E-state index contributed by atoms with van der Waals surface area (Å²) in [6.45, 7) is 7.69. The van der Waals surface area contributed by atoms with Crippen molar-refractivity contribution in [2.45, 2.75) is 19.9 Å². The number of benzene rings is 1. The van der Waals surface area contributed by atoms with Crippen molar-refractivity contribution in [1.29, 1.82) is 0 Å². The lowest BCUT2D eigenvalue weighted by Gasteiger charge is -2.30. The quantitative estimate of drug-likeness (QED) is 0.496. The van der Waals surface area contributed by atoms with Crippen LogP contribution >= 0.6 is 12.2 Å². The van der Waals surface area contributed by atoms with E-state index in [0.29, 0.717) is 30.5 Å². The molecule has 7 heteroatoms. The second kappa shape index (κ2) is 8.14. The lowest BCUT2D eigenvalue weighted by molar-refractivity contribution is 0.0517. The molecular formula is C19H22N4O2S. The van der Waals surface area contributed by atoms with Crippen LogP contribution < -0.4 is 5.32 Å². The summed E-state index contributed by atoms with van der Waals surface area (Å²) >= 11 is 5.45. The van der Waals surface area contributed by atoms with E-state index in [9.17, 15) is 4.79 Å². The van der Waals surface area contributed by atoms with Gasteiger partial charge in [0.25, 0.3) is 0 Å². The van der Waals surface area contributed by atoms with E-state index in [0.717, 1.165) is 29.9 Å². The third kappa shape index (κ3) is 3.62. The Kier molecular flexibility index (Phi) is 5.68. The molecule has 0 atom stereocenters. The van der Waals surface area contributed by atoms with E-state index in [1.165, 1.54) is 0 Å². The average molecular weight is 370 g/mol. The monoisotopic (exact) mass is 370 g/mol. The molecule has 0 radical (unpaired) electrons.